The maximum atomic E-state index is 10.7. The third kappa shape index (κ3) is 3.86. The van der Waals surface area contributed by atoms with Crippen molar-refractivity contribution in [2.24, 2.45) is 0 Å². The first kappa shape index (κ1) is 12.4. The van der Waals surface area contributed by atoms with Gasteiger partial charge in [0.15, 0.2) is 0 Å². The molecule has 0 saturated heterocycles. The summed E-state index contributed by atoms with van der Waals surface area (Å²) in [5.41, 5.74) is 0.719. The fourth-order valence-corrected chi connectivity index (χ4v) is 1.24. The van der Waals surface area contributed by atoms with Crippen LogP contribution in [0.5, 0.6) is 0 Å². The minimum atomic E-state index is -1.04. The van der Waals surface area contributed by atoms with Crippen LogP contribution in [0.3, 0.4) is 0 Å². The molecule has 1 unspecified atom stereocenters. The highest BCUT2D eigenvalue weighted by molar-refractivity contribution is 5.86. The zero-order valence-corrected chi connectivity index (χ0v) is 9.18. The van der Waals surface area contributed by atoms with Gasteiger partial charge in [-0.3, -0.25) is 0 Å². The number of aromatic nitrogens is 1. The maximum Gasteiger partial charge on any atom is 0.354 e. The molecule has 1 atom stereocenters. The van der Waals surface area contributed by atoms with Crippen molar-refractivity contribution in [3.63, 3.8) is 0 Å². The summed E-state index contributed by atoms with van der Waals surface area (Å²) in [6.07, 6.45) is 2.50. The molecule has 1 aromatic heterocycles. The molecular formula is C11H16N2O3. The van der Waals surface area contributed by atoms with Gasteiger partial charge in [-0.2, -0.15) is 0 Å². The van der Waals surface area contributed by atoms with E-state index in [1.54, 1.807) is 6.07 Å². The van der Waals surface area contributed by atoms with Crippen LogP contribution in [-0.2, 0) is 0 Å². The lowest BCUT2D eigenvalue weighted by Gasteiger charge is -2.09. The van der Waals surface area contributed by atoms with E-state index in [-0.39, 0.29) is 11.8 Å². The molecule has 0 spiro atoms. The highest BCUT2D eigenvalue weighted by atomic mass is 16.4. The maximum absolute atomic E-state index is 10.7. The highest BCUT2D eigenvalue weighted by Gasteiger charge is 2.05. The van der Waals surface area contributed by atoms with Crippen molar-refractivity contribution in [2.45, 2.75) is 25.9 Å². The Kier molecular flexibility index (Phi) is 4.72. The number of aromatic carboxylic acids is 1. The summed E-state index contributed by atoms with van der Waals surface area (Å²) in [5.74, 6) is -1.04. The molecule has 5 nitrogen and oxygen atoms in total. The summed E-state index contributed by atoms with van der Waals surface area (Å²) >= 11 is 0. The Morgan fingerprint density at radius 2 is 2.38 bits per heavy atom. The number of aliphatic hydroxyl groups is 1. The summed E-state index contributed by atoms with van der Waals surface area (Å²) < 4.78 is 0. The molecule has 0 aromatic carbocycles. The van der Waals surface area contributed by atoms with Gasteiger partial charge in [0.05, 0.1) is 6.10 Å². The van der Waals surface area contributed by atoms with Gasteiger partial charge in [0.2, 0.25) is 0 Å². The van der Waals surface area contributed by atoms with Crippen LogP contribution in [0.2, 0.25) is 0 Å². The quantitative estimate of drug-likeness (QED) is 0.679. The number of nitrogens with zero attached hydrogens (tertiary/aromatic N) is 1. The Morgan fingerprint density at radius 3 is 3.00 bits per heavy atom. The van der Waals surface area contributed by atoms with E-state index in [2.05, 4.69) is 10.3 Å². The molecule has 0 saturated carbocycles. The summed E-state index contributed by atoms with van der Waals surface area (Å²) in [6.45, 7) is 2.53. The van der Waals surface area contributed by atoms with Crippen molar-refractivity contribution in [3.05, 3.63) is 24.0 Å². The molecule has 1 heterocycles. The number of anilines is 1. The molecule has 88 valence electrons. The minimum absolute atomic E-state index is 0.0149. The third-order valence-corrected chi connectivity index (χ3v) is 2.26. The normalized spacial score (nSPS) is 12.1. The van der Waals surface area contributed by atoms with Crippen LogP contribution in [-0.4, -0.2) is 33.8 Å². The first-order valence-electron chi connectivity index (χ1n) is 5.24. The molecule has 0 amide bonds. The van der Waals surface area contributed by atoms with E-state index in [9.17, 15) is 9.90 Å². The second-order valence-electron chi connectivity index (χ2n) is 3.51. The molecule has 0 aliphatic rings. The van der Waals surface area contributed by atoms with Crippen molar-refractivity contribution in [2.75, 3.05) is 11.9 Å². The molecule has 0 aliphatic carbocycles. The van der Waals surface area contributed by atoms with E-state index in [0.717, 1.165) is 6.42 Å². The van der Waals surface area contributed by atoms with E-state index < -0.39 is 5.97 Å². The lowest BCUT2D eigenvalue weighted by Crippen LogP contribution is -2.12. The van der Waals surface area contributed by atoms with Gasteiger partial charge in [-0.05, 0) is 25.0 Å². The monoisotopic (exact) mass is 224 g/mol. The first-order valence-corrected chi connectivity index (χ1v) is 5.24. The number of carboxylic acids is 1. The number of aliphatic hydroxyl groups excluding tert-OH is 1. The number of carbonyl (C=O) groups is 1. The lowest BCUT2D eigenvalue weighted by molar-refractivity contribution is 0.0690. The second-order valence-corrected chi connectivity index (χ2v) is 3.51. The van der Waals surface area contributed by atoms with E-state index in [1.807, 2.05) is 6.92 Å². The number of pyridine rings is 1. The molecular weight excluding hydrogens is 208 g/mol. The topological polar surface area (TPSA) is 82.5 Å². The van der Waals surface area contributed by atoms with Crippen LogP contribution in [0, 0.1) is 0 Å². The molecule has 1 aromatic rings. The van der Waals surface area contributed by atoms with Gasteiger partial charge in [-0.1, -0.05) is 6.92 Å². The molecule has 0 aliphatic heterocycles. The van der Waals surface area contributed by atoms with Crippen molar-refractivity contribution >= 4 is 11.7 Å². The molecule has 0 bridgehead atoms. The Morgan fingerprint density at radius 1 is 1.62 bits per heavy atom. The number of hydrogen-bond acceptors (Lipinski definition) is 4. The van der Waals surface area contributed by atoms with Crippen molar-refractivity contribution in [1.29, 1.82) is 0 Å². The van der Waals surface area contributed by atoms with Crippen LogP contribution in [0.1, 0.15) is 30.3 Å². The van der Waals surface area contributed by atoms with E-state index in [1.165, 1.54) is 12.3 Å². The van der Waals surface area contributed by atoms with Crippen LogP contribution in [0.15, 0.2) is 18.3 Å². The van der Waals surface area contributed by atoms with Gasteiger partial charge in [0.25, 0.3) is 0 Å². The summed E-state index contributed by atoms with van der Waals surface area (Å²) in [6, 6.07) is 3.17. The van der Waals surface area contributed by atoms with Crippen LogP contribution >= 0.6 is 0 Å². The number of rotatable bonds is 6. The Hall–Kier alpha value is -1.62. The van der Waals surface area contributed by atoms with Gasteiger partial charge >= 0.3 is 5.97 Å². The van der Waals surface area contributed by atoms with Crippen molar-refractivity contribution < 1.29 is 15.0 Å². The minimum Gasteiger partial charge on any atom is -0.477 e. The first-order chi connectivity index (χ1) is 7.63. The van der Waals surface area contributed by atoms with E-state index in [0.29, 0.717) is 18.7 Å². The zero-order valence-electron chi connectivity index (χ0n) is 9.18. The summed E-state index contributed by atoms with van der Waals surface area (Å²) in [5, 5.41) is 21.1. The standard InChI is InChI=1S/C11H16N2O3/c1-2-9(14)4-6-12-8-3-5-13-10(7-8)11(15)16/h3,5,7,9,14H,2,4,6H2,1H3,(H,12,13)(H,15,16). The van der Waals surface area contributed by atoms with Gasteiger partial charge in [-0.25, -0.2) is 9.78 Å². The Labute approximate surface area is 94.1 Å². The summed E-state index contributed by atoms with van der Waals surface area (Å²) in [4.78, 5) is 14.4. The average molecular weight is 224 g/mol. The Balaban J connectivity index is 2.48. The SMILES string of the molecule is CCC(O)CCNc1ccnc(C(=O)O)c1. The van der Waals surface area contributed by atoms with Gasteiger partial charge in [0, 0.05) is 18.4 Å². The molecule has 3 N–H and O–H groups in total. The lowest BCUT2D eigenvalue weighted by atomic mass is 10.2. The average Bonchev–Trinajstić information content (AvgIpc) is 2.29. The fraction of sp³-hybridized carbons (Fsp3) is 0.455. The largest absolute Gasteiger partial charge is 0.477 e. The number of hydrogen-bond donors (Lipinski definition) is 3. The fourth-order valence-electron chi connectivity index (χ4n) is 1.24. The predicted molar refractivity (Wildman–Crippen MR) is 60.6 cm³/mol. The highest BCUT2D eigenvalue weighted by Crippen LogP contribution is 2.08. The number of nitrogens with one attached hydrogen (secondary N) is 1. The van der Waals surface area contributed by atoms with E-state index >= 15 is 0 Å². The van der Waals surface area contributed by atoms with Gasteiger partial charge in [0.1, 0.15) is 5.69 Å². The zero-order chi connectivity index (χ0) is 12.0. The number of carboxylic acid groups (broad SMARTS) is 1. The van der Waals surface area contributed by atoms with Gasteiger partial charge in [-0.15, -0.1) is 0 Å². The van der Waals surface area contributed by atoms with Crippen molar-refractivity contribution in [1.82, 2.24) is 4.98 Å². The Bertz CT molecular complexity index is 355. The summed E-state index contributed by atoms with van der Waals surface area (Å²) in [7, 11) is 0. The molecule has 0 fully saturated rings. The van der Waals surface area contributed by atoms with E-state index in [4.69, 9.17) is 5.11 Å². The smallest absolute Gasteiger partial charge is 0.354 e. The molecule has 5 heteroatoms. The predicted octanol–water partition coefficient (Wildman–Crippen LogP) is 1.35. The van der Waals surface area contributed by atoms with Crippen molar-refractivity contribution in [3.8, 4) is 0 Å². The van der Waals surface area contributed by atoms with Crippen LogP contribution < -0.4 is 5.32 Å². The van der Waals surface area contributed by atoms with Gasteiger partial charge < -0.3 is 15.5 Å². The molecule has 1 rings (SSSR count). The molecule has 0 radical (unpaired) electrons. The molecule has 16 heavy (non-hydrogen) atoms. The second kappa shape index (κ2) is 6.07. The third-order valence-electron chi connectivity index (χ3n) is 2.26. The van der Waals surface area contributed by atoms with Crippen LogP contribution in [0.25, 0.3) is 0 Å². The van der Waals surface area contributed by atoms with Crippen LogP contribution in [0.4, 0.5) is 5.69 Å².